The molecule has 1 aliphatic rings. The van der Waals surface area contributed by atoms with Crippen LogP contribution < -0.4 is 5.32 Å². The van der Waals surface area contributed by atoms with Crippen LogP contribution in [0.5, 0.6) is 0 Å². The predicted octanol–water partition coefficient (Wildman–Crippen LogP) is 3.73. The number of amides is 1. The smallest absolute Gasteiger partial charge is 0.255 e. The molecule has 0 unspecified atom stereocenters. The number of hydrogen-bond acceptors (Lipinski definition) is 3. The number of nitrogens with one attached hydrogen (secondary N) is 1. The first-order valence-corrected chi connectivity index (χ1v) is 10.3. The van der Waals surface area contributed by atoms with Gasteiger partial charge in [0.05, 0.1) is 4.90 Å². The molecule has 6 heteroatoms. The average molecular weight is 372 g/mol. The second kappa shape index (κ2) is 7.60. The van der Waals surface area contributed by atoms with Gasteiger partial charge in [0.15, 0.2) is 0 Å². The van der Waals surface area contributed by atoms with Gasteiger partial charge >= 0.3 is 0 Å². The van der Waals surface area contributed by atoms with Crippen molar-refractivity contribution >= 4 is 21.6 Å². The summed E-state index contributed by atoms with van der Waals surface area (Å²) in [5.41, 5.74) is 2.78. The van der Waals surface area contributed by atoms with Gasteiger partial charge in [0.2, 0.25) is 10.0 Å². The van der Waals surface area contributed by atoms with E-state index in [-0.39, 0.29) is 10.8 Å². The summed E-state index contributed by atoms with van der Waals surface area (Å²) in [4.78, 5) is 12.7. The predicted molar refractivity (Wildman–Crippen MR) is 103 cm³/mol. The van der Waals surface area contributed by atoms with Crippen LogP contribution >= 0.6 is 0 Å². The Morgan fingerprint density at radius 1 is 0.962 bits per heavy atom. The number of anilines is 1. The van der Waals surface area contributed by atoms with Crippen molar-refractivity contribution < 1.29 is 13.2 Å². The van der Waals surface area contributed by atoms with Crippen molar-refractivity contribution in [1.82, 2.24) is 4.31 Å². The maximum atomic E-state index is 13.0. The highest BCUT2D eigenvalue weighted by Crippen LogP contribution is 2.26. The molecule has 5 nitrogen and oxygen atoms in total. The van der Waals surface area contributed by atoms with Gasteiger partial charge in [-0.05, 0) is 56.5 Å². The third kappa shape index (κ3) is 3.97. The number of carbonyl (C=O) groups excluding carboxylic acids is 1. The zero-order valence-electron chi connectivity index (χ0n) is 15.2. The Balaban J connectivity index is 1.85. The molecule has 0 bridgehead atoms. The Labute approximate surface area is 155 Å². The van der Waals surface area contributed by atoms with Crippen molar-refractivity contribution in [3.63, 3.8) is 0 Å². The minimum absolute atomic E-state index is 0.254. The van der Waals surface area contributed by atoms with E-state index < -0.39 is 10.0 Å². The van der Waals surface area contributed by atoms with E-state index in [0.717, 1.165) is 24.8 Å². The Kier molecular flexibility index (Phi) is 5.44. The van der Waals surface area contributed by atoms with Crippen LogP contribution in [0.2, 0.25) is 0 Å². The van der Waals surface area contributed by atoms with Crippen LogP contribution in [0.4, 0.5) is 5.69 Å². The maximum absolute atomic E-state index is 13.0. The van der Waals surface area contributed by atoms with E-state index in [4.69, 9.17) is 0 Å². The fourth-order valence-corrected chi connectivity index (χ4v) is 4.88. The number of benzene rings is 2. The number of nitrogens with zero attached hydrogens (tertiary/aromatic N) is 1. The topological polar surface area (TPSA) is 66.5 Å². The Bertz CT molecular complexity index is 899. The monoisotopic (exact) mass is 372 g/mol. The second-order valence-corrected chi connectivity index (χ2v) is 8.67. The van der Waals surface area contributed by atoms with E-state index in [1.807, 2.05) is 19.1 Å². The van der Waals surface area contributed by atoms with Gasteiger partial charge in [-0.1, -0.05) is 30.2 Å². The van der Waals surface area contributed by atoms with Gasteiger partial charge in [0, 0.05) is 24.3 Å². The summed E-state index contributed by atoms with van der Waals surface area (Å²) < 4.78 is 27.5. The Morgan fingerprint density at radius 3 is 2.27 bits per heavy atom. The Hall–Kier alpha value is -2.18. The van der Waals surface area contributed by atoms with Crippen LogP contribution in [0, 0.1) is 13.8 Å². The number of piperidine rings is 1. The van der Waals surface area contributed by atoms with E-state index in [2.05, 4.69) is 5.32 Å². The third-order valence-electron chi connectivity index (χ3n) is 4.69. The summed E-state index contributed by atoms with van der Waals surface area (Å²) in [6.45, 7) is 4.85. The molecule has 2 aromatic rings. The molecule has 0 aliphatic carbocycles. The molecule has 1 fully saturated rings. The van der Waals surface area contributed by atoms with Gasteiger partial charge in [-0.3, -0.25) is 4.79 Å². The van der Waals surface area contributed by atoms with Crippen LogP contribution in [0.15, 0.2) is 47.4 Å². The molecule has 1 N–H and O–H groups in total. The lowest BCUT2D eigenvalue weighted by Gasteiger charge is -2.26. The first kappa shape index (κ1) is 18.6. The zero-order valence-corrected chi connectivity index (χ0v) is 16.0. The molecule has 0 spiro atoms. The van der Waals surface area contributed by atoms with E-state index in [1.54, 1.807) is 41.6 Å². The maximum Gasteiger partial charge on any atom is 0.255 e. The minimum Gasteiger partial charge on any atom is -0.322 e. The molecule has 26 heavy (non-hydrogen) atoms. The number of rotatable bonds is 4. The Morgan fingerprint density at radius 2 is 1.62 bits per heavy atom. The fraction of sp³-hybridized carbons (Fsp3) is 0.350. The van der Waals surface area contributed by atoms with Gasteiger partial charge in [0.1, 0.15) is 0 Å². The van der Waals surface area contributed by atoms with E-state index in [9.17, 15) is 13.2 Å². The van der Waals surface area contributed by atoms with Crippen molar-refractivity contribution in [2.45, 2.75) is 38.0 Å². The van der Waals surface area contributed by atoms with Crippen molar-refractivity contribution in [2.75, 3.05) is 18.4 Å². The number of hydrogen-bond donors (Lipinski definition) is 1. The SMILES string of the molecule is Cc1ccc(C(=O)Nc2ccc(C)c(S(=O)(=O)N3CCCCC3)c2)cc1. The molecule has 3 rings (SSSR count). The average Bonchev–Trinajstić information content (AvgIpc) is 2.64. The summed E-state index contributed by atoms with van der Waals surface area (Å²) in [5, 5.41) is 2.80. The summed E-state index contributed by atoms with van der Waals surface area (Å²) in [6, 6.07) is 12.3. The molecular formula is C20H24N2O3S. The van der Waals surface area contributed by atoms with Crippen LogP contribution in [0.3, 0.4) is 0 Å². The number of carbonyl (C=O) groups is 1. The third-order valence-corrected chi connectivity index (χ3v) is 6.73. The molecule has 138 valence electrons. The van der Waals surface area contributed by atoms with Gasteiger partial charge < -0.3 is 5.32 Å². The van der Waals surface area contributed by atoms with Crippen molar-refractivity contribution in [3.8, 4) is 0 Å². The molecule has 1 heterocycles. The number of sulfonamides is 1. The van der Waals surface area contributed by atoms with Gasteiger partial charge in [-0.25, -0.2) is 8.42 Å². The summed E-state index contributed by atoms with van der Waals surface area (Å²) >= 11 is 0. The van der Waals surface area contributed by atoms with Gasteiger partial charge in [-0.2, -0.15) is 4.31 Å². The first-order valence-electron chi connectivity index (χ1n) is 8.87. The van der Waals surface area contributed by atoms with Crippen molar-refractivity contribution in [3.05, 3.63) is 59.2 Å². The number of aryl methyl sites for hydroxylation is 2. The zero-order chi connectivity index (χ0) is 18.7. The standard InChI is InChI=1S/C20H24N2O3S/c1-15-6-9-17(10-7-15)20(23)21-18-11-8-16(2)19(14-18)26(24,25)22-12-4-3-5-13-22/h6-11,14H,3-5,12-13H2,1-2H3,(H,21,23). The summed E-state index contributed by atoms with van der Waals surface area (Å²) in [6.07, 6.45) is 2.85. The van der Waals surface area contributed by atoms with Crippen molar-refractivity contribution in [2.24, 2.45) is 0 Å². The summed E-state index contributed by atoms with van der Waals surface area (Å²) in [5.74, 6) is -0.254. The van der Waals surface area contributed by atoms with E-state index >= 15 is 0 Å². The normalized spacial score (nSPS) is 15.6. The lowest BCUT2D eigenvalue weighted by atomic mass is 10.1. The molecule has 0 atom stereocenters. The van der Waals surface area contributed by atoms with Crippen molar-refractivity contribution in [1.29, 1.82) is 0 Å². The van der Waals surface area contributed by atoms with E-state index in [1.165, 1.54) is 0 Å². The van der Waals surface area contributed by atoms with E-state index in [0.29, 0.717) is 29.9 Å². The molecule has 1 aliphatic heterocycles. The molecule has 0 saturated carbocycles. The largest absolute Gasteiger partial charge is 0.322 e. The first-order chi connectivity index (χ1) is 12.4. The van der Waals surface area contributed by atoms with Crippen LogP contribution in [-0.2, 0) is 10.0 Å². The fourth-order valence-electron chi connectivity index (χ4n) is 3.11. The van der Waals surface area contributed by atoms with Crippen LogP contribution in [0.1, 0.15) is 40.7 Å². The summed E-state index contributed by atoms with van der Waals surface area (Å²) in [7, 11) is -3.54. The lowest BCUT2D eigenvalue weighted by molar-refractivity contribution is 0.102. The molecular weight excluding hydrogens is 348 g/mol. The highest BCUT2D eigenvalue weighted by molar-refractivity contribution is 7.89. The molecule has 0 radical (unpaired) electrons. The quantitative estimate of drug-likeness (QED) is 0.889. The van der Waals surface area contributed by atoms with Gasteiger partial charge in [0.25, 0.3) is 5.91 Å². The molecule has 1 saturated heterocycles. The lowest BCUT2D eigenvalue weighted by Crippen LogP contribution is -2.36. The molecule has 2 aromatic carbocycles. The minimum atomic E-state index is -3.54. The van der Waals surface area contributed by atoms with Crippen LogP contribution in [0.25, 0.3) is 0 Å². The second-order valence-electron chi connectivity index (χ2n) is 6.77. The molecule has 1 amide bonds. The highest BCUT2D eigenvalue weighted by atomic mass is 32.2. The molecule has 0 aromatic heterocycles. The highest BCUT2D eigenvalue weighted by Gasteiger charge is 2.27. The van der Waals surface area contributed by atoms with Gasteiger partial charge in [-0.15, -0.1) is 0 Å². The van der Waals surface area contributed by atoms with Crippen LogP contribution in [-0.4, -0.2) is 31.7 Å².